The van der Waals surface area contributed by atoms with E-state index >= 15 is 0 Å². The molecule has 2 heterocycles. The van der Waals surface area contributed by atoms with E-state index in [1.54, 1.807) is 24.3 Å². The quantitative estimate of drug-likeness (QED) is 0.376. The topological polar surface area (TPSA) is 118 Å². The van der Waals surface area contributed by atoms with Crippen LogP contribution in [0.3, 0.4) is 0 Å². The average Bonchev–Trinajstić information content (AvgIpc) is 3.25. The van der Waals surface area contributed by atoms with Crippen LogP contribution in [0.2, 0.25) is 0 Å². The number of hydrogen-bond acceptors (Lipinski definition) is 6. The van der Waals surface area contributed by atoms with Crippen molar-refractivity contribution in [2.24, 2.45) is 5.10 Å². The van der Waals surface area contributed by atoms with Gasteiger partial charge in [0.05, 0.1) is 11.1 Å². The first-order valence-electron chi connectivity index (χ1n) is 9.04. The Morgan fingerprint density at radius 1 is 1.18 bits per heavy atom. The summed E-state index contributed by atoms with van der Waals surface area (Å²) in [7, 11) is 0. The summed E-state index contributed by atoms with van der Waals surface area (Å²) in [6.07, 6.45) is 5.40. The Bertz CT molecular complexity index is 974. The largest absolute Gasteiger partial charge is 0.455 e. The van der Waals surface area contributed by atoms with E-state index in [0.717, 1.165) is 24.3 Å². The van der Waals surface area contributed by atoms with E-state index in [1.165, 1.54) is 18.3 Å². The summed E-state index contributed by atoms with van der Waals surface area (Å²) in [6.45, 7) is 0. The van der Waals surface area contributed by atoms with E-state index in [9.17, 15) is 19.7 Å². The van der Waals surface area contributed by atoms with Gasteiger partial charge in [0.25, 0.3) is 11.6 Å². The van der Waals surface area contributed by atoms with Gasteiger partial charge in [-0.15, -0.1) is 5.01 Å². The molecule has 1 aliphatic heterocycles. The smallest absolute Gasteiger partial charge is 0.346 e. The van der Waals surface area contributed by atoms with Gasteiger partial charge in [-0.05, 0) is 25.0 Å². The number of hydrogen-bond donors (Lipinski definition) is 1. The molecule has 2 aliphatic rings. The number of non-ortho nitro benzene ring substituents is 1. The van der Waals surface area contributed by atoms with Gasteiger partial charge in [-0.2, -0.15) is 5.10 Å². The number of hydrazone groups is 1. The van der Waals surface area contributed by atoms with Crippen LogP contribution in [0.1, 0.15) is 37.9 Å². The van der Waals surface area contributed by atoms with Crippen molar-refractivity contribution in [3.63, 3.8) is 0 Å². The molecule has 1 aliphatic carbocycles. The van der Waals surface area contributed by atoms with Crippen LogP contribution in [-0.2, 0) is 4.79 Å². The number of carbonyl (C=O) groups is 2. The van der Waals surface area contributed by atoms with Crippen molar-refractivity contribution in [1.82, 2.24) is 10.3 Å². The highest BCUT2D eigenvalue weighted by molar-refractivity contribution is 6.07. The van der Waals surface area contributed by atoms with Crippen molar-refractivity contribution in [3.05, 3.63) is 52.3 Å². The highest BCUT2D eigenvalue weighted by Gasteiger charge is 2.51. The fourth-order valence-electron chi connectivity index (χ4n) is 3.67. The van der Waals surface area contributed by atoms with E-state index in [2.05, 4.69) is 10.4 Å². The molecule has 0 bridgehead atoms. The fourth-order valence-corrected chi connectivity index (χ4v) is 3.67. The average molecular weight is 382 g/mol. The second kappa shape index (κ2) is 6.91. The van der Waals surface area contributed by atoms with E-state index in [1.807, 2.05) is 0 Å². The van der Waals surface area contributed by atoms with E-state index in [0.29, 0.717) is 29.9 Å². The molecular weight excluding hydrogens is 364 g/mol. The zero-order chi connectivity index (χ0) is 19.7. The van der Waals surface area contributed by atoms with Crippen LogP contribution in [0.5, 0.6) is 0 Å². The Labute approximate surface area is 160 Å². The van der Waals surface area contributed by atoms with Gasteiger partial charge < -0.3 is 9.73 Å². The van der Waals surface area contributed by atoms with Crippen LogP contribution in [0, 0.1) is 10.1 Å². The molecule has 0 atom stereocenters. The molecule has 1 saturated carbocycles. The Morgan fingerprint density at radius 2 is 1.96 bits per heavy atom. The number of imide groups is 1. The Hall–Kier alpha value is -3.49. The summed E-state index contributed by atoms with van der Waals surface area (Å²) in [6, 6.07) is 8.80. The third-order valence-electron chi connectivity index (χ3n) is 5.12. The third-order valence-corrected chi connectivity index (χ3v) is 5.12. The number of rotatable bonds is 4. The fraction of sp³-hybridized carbons (Fsp3) is 0.316. The number of furan rings is 1. The molecule has 3 amide bonds. The van der Waals surface area contributed by atoms with Crippen molar-refractivity contribution >= 4 is 23.8 Å². The molecular formula is C19H18N4O5. The number of carbonyl (C=O) groups excluding carboxylic acids is 2. The summed E-state index contributed by atoms with van der Waals surface area (Å²) in [5.41, 5.74) is -0.324. The van der Waals surface area contributed by atoms with Gasteiger partial charge >= 0.3 is 6.03 Å². The lowest BCUT2D eigenvalue weighted by Crippen LogP contribution is -2.48. The molecule has 144 valence electrons. The lowest BCUT2D eigenvalue weighted by Gasteiger charge is -2.29. The molecule has 1 spiro atoms. The number of nitro groups is 1. The van der Waals surface area contributed by atoms with Gasteiger partial charge in [0, 0.05) is 17.7 Å². The highest BCUT2D eigenvalue weighted by atomic mass is 16.6. The number of nitrogens with zero attached hydrogens (tertiary/aromatic N) is 3. The van der Waals surface area contributed by atoms with Crippen molar-refractivity contribution in [2.45, 2.75) is 37.6 Å². The summed E-state index contributed by atoms with van der Waals surface area (Å²) in [4.78, 5) is 35.3. The zero-order valence-corrected chi connectivity index (χ0v) is 15.0. The van der Waals surface area contributed by atoms with Crippen molar-refractivity contribution in [2.75, 3.05) is 0 Å². The van der Waals surface area contributed by atoms with Crippen LogP contribution in [0.4, 0.5) is 10.5 Å². The van der Waals surface area contributed by atoms with Gasteiger partial charge in [-0.1, -0.05) is 31.4 Å². The first kappa shape index (κ1) is 17.9. The Kier molecular flexibility index (Phi) is 4.42. The lowest BCUT2D eigenvalue weighted by atomic mass is 9.82. The van der Waals surface area contributed by atoms with E-state index in [-0.39, 0.29) is 11.6 Å². The zero-order valence-electron chi connectivity index (χ0n) is 15.0. The second-order valence-corrected chi connectivity index (χ2v) is 6.94. The van der Waals surface area contributed by atoms with Gasteiger partial charge in [0.1, 0.15) is 17.1 Å². The van der Waals surface area contributed by atoms with Gasteiger partial charge in [-0.3, -0.25) is 14.9 Å². The lowest BCUT2D eigenvalue weighted by molar-refractivity contribution is -0.384. The van der Waals surface area contributed by atoms with Crippen LogP contribution in [0.25, 0.3) is 11.3 Å². The number of benzene rings is 1. The molecule has 28 heavy (non-hydrogen) atoms. The molecule has 4 rings (SSSR count). The predicted molar refractivity (Wildman–Crippen MR) is 99.6 cm³/mol. The Morgan fingerprint density at radius 3 is 2.71 bits per heavy atom. The summed E-state index contributed by atoms with van der Waals surface area (Å²) < 4.78 is 5.63. The molecule has 0 unspecified atom stereocenters. The standard InChI is InChI=1S/C19H18N4O5/c24-17-19(9-2-1-3-10-19)21-18(25)22(17)20-12-15-7-8-16(28-15)13-5-4-6-14(11-13)23(26)27/h4-8,11-12H,1-3,9-10H2,(H,21,25)/b20-12-. The minimum absolute atomic E-state index is 0.0405. The second-order valence-electron chi connectivity index (χ2n) is 6.94. The first-order valence-corrected chi connectivity index (χ1v) is 9.04. The number of nitro benzene ring substituents is 1. The van der Waals surface area contributed by atoms with Crippen LogP contribution >= 0.6 is 0 Å². The molecule has 9 nitrogen and oxygen atoms in total. The Balaban J connectivity index is 1.52. The molecule has 1 N–H and O–H groups in total. The molecule has 1 saturated heterocycles. The molecule has 0 radical (unpaired) electrons. The molecule has 1 aromatic heterocycles. The molecule has 1 aromatic carbocycles. The van der Waals surface area contributed by atoms with Crippen molar-refractivity contribution in [3.8, 4) is 11.3 Å². The van der Waals surface area contributed by atoms with Gasteiger partial charge in [0.2, 0.25) is 0 Å². The SMILES string of the molecule is O=C1NC2(CCCCC2)C(=O)N1/N=C\c1ccc(-c2cccc([N+](=O)[O-])c2)o1. The minimum atomic E-state index is -0.829. The number of nitrogens with one attached hydrogen (secondary N) is 1. The minimum Gasteiger partial charge on any atom is -0.455 e. The van der Waals surface area contributed by atoms with E-state index < -0.39 is 16.5 Å². The van der Waals surface area contributed by atoms with E-state index in [4.69, 9.17) is 4.42 Å². The monoisotopic (exact) mass is 382 g/mol. The maximum atomic E-state index is 12.7. The number of urea groups is 1. The molecule has 9 heteroatoms. The van der Waals surface area contributed by atoms with Crippen LogP contribution < -0.4 is 5.32 Å². The van der Waals surface area contributed by atoms with Crippen LogP contribution in [-0.4, -0.2) is 33.6 Å². The first-order chi connectivity index (χ1) is 13.5. The maximum Gasteiger partial charge on any atom is 0.346 e. The third kappa shape index (κ3) is 3.15. The van der Waals surface area contributed by atoms with Crippen molar-refractivity contribution in [1.29, 1.82) is 0 Å². The normalized spacial score (nSPS) is 18.8. The van der Waals surface area contributed by atoms with Crippen LogP contribution in [0.15, 0.2) is 45.9 Å². The van der Waals surface area contributed by atoms with Gasteiger partial charge in [0.15, 0.2) is 0 Å². The summed E-state index contributed by atoms with van der Waals surface area (Å²) >= 11 is 0. The summed E-state index contributed by atoms with van der Waals surface area (Å²) in [5, 5.41) is 18.5. The molecule has 2 fully saturated rings. The van der Waals surface area contributed by atoms with Gasteiger partial charge in [-0.25, -0.2) is 4.79 Å². The highest BCUT2D eigenvalue weighted by Crippen LogP contribution is 2.33. The molecule has 2 aromatic rings. The van der Waals surface area contributed by atoms with Crippen molar-refractivity contribution < 1.29 is 18.9 Å². The number of amides is 3. The predicted octanol–water partition coefficient (Wildman–Crippen LogP) is 3.44. The summed E-state index contributed by atoms with van der Waals surface area (Å²) in [5.74, 6) is 0.414. The maximum absolute atomic E-state index is 12.7.